The van der Waals surface area contributed by atoms with E-state index in [2.05, 4.69) is 0 Å². The van der Waals surface area contributed by atoms with Gasteiger partial charge < -0.3 is 15.6 Å². The van der Waals surface area contributed by atoms with Crippen molar-refractivity contribution in [3.05, 3.63) is 0 Å². The molecule has 1 fully saturated rings. The fraction of sp³-hybridized carbons (Fsp3) is 1.00. The van der Waals surface area contributed by atoms with E-state index < -0.39 is 0 Å². The summed E-state index contributed by atoms with van der Waals surface area (Å²) in [5, 5.41) is 8.34. The molecule has 1 aliphatic rings. The lowest BCUT2D eigenvalue weighted by molar-refractivity contribution is -0.0229. The van der Waals surface area contributed by atoms with E-state index in [0.29, 0.717) is 18.8 Å². The first-order valence-electron chi connectivity index (χ1n) is 3.31. The van der Waals surface area contributed by atoms with Crippen LogP contribution in [0.4, 0.5) is 0 Å². The lowest BCUT2D eigenvalue weighted by Crippen LogP contribution is -2.41. The van der Waals surface area contributed by atoms with Crippen LogP contribution >= 0.6 is 12.4 Å². The lowest BCUT2D eigenvalue weighted by Gasteiger charge is -2.31. The van der Waals surface area contributed by atoms with E-state index in [1.807, 2.05) is 0 Å². The summed E-state index contributed by atoms with van der Waals surface area (Å²) in [5.74, 6) is 0. The van der Waals surface area contributed by atoms with Gasteiger partial charge in [0.25, 0.3) is 0 Å². The van der Waals surface area contributed by atoms with Gasteiger partial charge in [0.05, 0.1) is 19.3 Å². The number of hydrogen-bond acceptors (Lipinski definition) is 3. The molecule has 0 aliphatic heterocycles. The first-order valence-corrected chi connectivity index (χ1v) is 3.31. The van der Waals surface area contributed by atoms with Gasteiger partial charge in [0.2, 0.25) is 0 Å². The van der Waals surface area contributed by atoms with Crippen molar-refractivity contribution in [2.75, 3.05) is 13.2 Å². The maximum atomic E-state index is 8.34. The third kappa shape index (κ3) is 2.84. The van der Waals surface area contributed by atoms with Crippen molar-refractivity contribution in [3.63, 3.8) is 0 Å². The Balaban J connectivity index is 0.000000810. The molecule has 4 heteroatoms. The number of nitrogens with two attached hydrogens (primary N) is 1. The average molecular weight is 168 g/mol. The van der Waals surface area contributed by atoms with Crippen molar-refractivity contribution in [2.45, 2.75) is 25.0 Å². The maximum absolute atomic E-state index is 8.34. The molecule has 0 unspecified atom stereocenters. The first kappa shape index (κ1) is 10.2. The molecule has 62 valence electrons. The van der Waals surface area contributed by atoms with Crippen LogP contribution in [0.3, 0.4) is 0 Å². The molecule has 3 N–H and O–H groups in total. The fourth-order valence-corrected chi connectivity index (χ4v) is 0.962. The normalized spacial score (nSPS) is 30.6. The minimum Gasteiger partial charge on any atom is -0.394 e. The Hall–Kier alpha value is 0.170. The zero-order valence-corrected chi connectivity index (χ0v) is 6.64. The minimum absolute atomic E-state index is 0. The Labute approximate surface area is 67.0 Å². The second-order valence-electron chi connectivity index (χ2n) is 2.45. The quantitative estimate of drug-likeness (QED) is 0.618. The van der Waals surface area contributed by atoms with Crippen LogP contribution in [0.2, 0.25) is 0 Å². The van der Waals surface area contributed by atoms with Crippen molar-refractivity contribution < 1.29 is 9.84 Å². The summed E-state index contributed by atoms with van der Waals surface area (Å²) >= 11 is 0. The van der Waals surface area contributed by atoms with Gasteiger partial charge in [-0.25, -0.2) is 0 Å². The van der Waals surface area contributed by atoms with Crippen molar-refractivity contribution >= 4 is 12.4 Å². The summed E-state index contributed by atoms with van der Waals surface area (Å²) in [6.07, 6.45) is 2.24. The van der Waals surface area contributed by atoms with E-state index in [-0.39, 0.29) is 19.0 Å². The van der Waals surface area contributed by atoms with Crippen molar-refractivity contribution in [1.29, 1.82) is 0 Å². The number of halogens is 1. The highest BCUT2D eigenvalue weighted by molar-refractivity contribution is 5.85. The molecule has 10 heavy (non-hydrogen) atoms. The molecular weight excluding hydrogens is 154 g/mol. The molecule has 0 aromatic rings. The van der Waals surface area contributed by atoms with Crippen LogP contribution in [0.5, 0.6) is 0 Å². The van der Waals surface area contributed by atoms with Crippen LogP contribution in [0.15, 0.2) is 0 Å². The predicted octanol–water partition coefficient (Wildman–Crippen LogP) is -0.0932. The highest BCUT2D eigenvalue weighted by atomic mass is 35.5. The summed E-state index contributed by atoms with van der Waals surface area (Å²) < 4.78 is 5.17. The summed E-state index contributed by atoms with van der Waals surface area (Å²) in [4.78, 5) is 0. The molecule has 0 radical (unpaired) electrons. The number of hydrogen-bond donors (Lipinski definition) is 2. The highest BCUT2D eigenvalue weighted by Gasteiger charge is 2.25. The number of aliphatic hydroxyl groups excluding tert-OH is 1. The SMILES string of the molecule is Cl.NC1CC(OCCO)C1. The Kier molecular flexibility index (Phi) is 4.99. The van der Waals surface area contributed by atoms with E-state index in [0.717, 1.165) is 12.8 Å². The Morgan fingerprint density at radius 1 is 1.50 bits per heavy atom. The first-order chi connectivity index (χ1) is 4.33. The lowest BCUT2D eigenvalue weighted by atomic mass is 9.90. The van der Waals surface area contributed by atoms with Gasteiger partial charge in [-0.05, 0) is 12.8 Å². The van der Waals surface area contributed by atoms with E-state index in [1.165, 1.54) is 0 Å². The predicted molar refractivity (Wildman–Crippen MR) is 41.3 cm³/mol. The van der Waals surface area contributed by atoms with Gasteiger partial charge in [-0.3, -0.25) is 0 Å². The van der Waals surface area contributed by atoms with E-state index in [4.69, 9.17) is 15.6 Å². The second kappa shape index (κ2) is 4.91. The molecule has 1 saturated carbocycles. The van der Waals surface area contributed by atoms with E-state index in [9.17, 15) is 0 Å². The van der Waals surface area contributed by atoms with Crippen LogP contribution in [0.25, 0.3) is 0 Å². The molecule has 1 aliphatic carbocycles. The standard InChI is InChI=1S/C6H13NO2.ClH/c7-5-3-6(4-5)9-2-1-8;/h5-6,8H,1-4,7H2;1H. The highest BCUT2D eigenvalue weighted by Crippen LogP contribution is 2.20. The summed E-state index contributed by atoms with van der Waals surface area (Å²) in [6.45, 7) is 0.573. The third-order valence-corrected chi connectivity index (χ3v) is 1.58. The molecule has 3 nitrogen and oxygen atoms in total. The zero-order chi connectivity index (χ0) is 6.69. The number of aliphatic hydroxyl groups is 1. The molecule has 0 heterocycles. The Morgan fingerprint density at radius 3 is 2.50 bits per heavy atom. The van der Waals surface area contributed by atoms with Crippen LogP contribution in [-0.2, 0) is 4.74 Å². The van der Waals surface area contributed by atoms with Crippen molar-refractivity contribution in [3.8, 4) is 0 Å². The van der Waals surface area contributed by atoms with E-state index in [1.54, 1.807) is 0 Å². The molecule has 0 aromatic heterocycles. The van der Waals surface area contributed by atoms with Gasteiger partial charge in [0, 0.05) is 6.04 Å². The molecule has 0 amide bonds. The zero-order valence-electron chi connectivity index (χ0n) is 5.82. The minimum atomic E-state index is 0. The second-order valence-corrected chi connectivity index (χ2v) is 2.45. The van der Waals surface area contributed by atoms with Crippen molar-refractivity contribution in [2.24, 2.45) is 5.73 Å². The van der Waals surface area contributed by atoms with Crippen LogP contribution in [0, 0.1) is 0 Å². The van der Waals surface area contributed by atoms with Gasteiger partial charge in [-0.1, -0.05) is 0 Å². The molecule has 0 saturated heterocycles. The Bertz CT molecular complexity index is 85.8. The van der Waals surface area contributed by atoms with Crippen LogP contribution < -0.4 is 5.73 Å². The summed E-state index contributed by atoms with van der Waals surface area (Å²) in [5.41, 5.74) is 5.50. The number of ether oxygens (including phenoxy) is 1. The third-order valence-electron chi connectivity index (χ3n) is 1.58. The summed E-state index contributed by atoms with van der Waals surface area (Å²) in [6, 6.07) is 0.341. The summed E-state index contributed by atoms with van der Waals surface area (Å²) in [7, 11) is 0. The molecule has 0 atom stereocenters. The molecule has 1 rings (SSSR count). The molecular formula is C6H14ClNO2. The topological polar surface area (TPSA) is 55.5 Å². The van der Waals surface area contributed by atoms with Gasteiger partial charge in [-0.15, -0.1) is 12.4 Å². The van der Waals surface area contributed by atoms with Gasteiger partial charge in [0.15, 0.2) is 0 Å². The van der Waals surface area contributed by atoms with Crippen LogP contribution in [0.1, 0.15) is 12.8 Å². The molecule has 0 bridgehead atoms. The smallest absolute Gasteiger partial charge is 0.0701 e. The van der Waals surface area contributed by atoms with Gasteiger partial charge >= 0.3 is 0 Å². The van der Waals surface area contributed by atoms with Crippen LogP contribution in [-0.4, -0.2) is 30.5 Å². The van der Waals surface area contributed by atoms with Gasteiger partial charge in [0.1, 0.15) is 0 Å². The fourth-order valence-electron chi connectivity index (χ4n) is 0.962. The van der Waals surface area contributed by atoms with Crippen molar-refractivity contribution in [1.82, 2.24) is 0 Å². The maximum Gasteiger partial charge on any atom is 0.0701 e. The average Bonchev–Trinajstić information content (AvgIpc) is 1.78. The molecule has 0 spiro atoms. The number of rotatable bonds is 3. The largest absolute Gasteiger partial charge is 0.394 e. The van der Waals surface area contributed by atoms with Gasteiger partial charge in [-0.2, -0.15) is 0 Å². The van der Waals surface area contributed by atoms with E-state index >= 15 is 0 Å². The molecule has 0 aromatic carbocycles. The monoisotopic (exact) mass is 167 g/mol. The Morgan fingerprint density at radius 2 is 2.10 bits per heavy atom.